The van der Waals surface area contributed by atoms with Crippen molar-refractivity contribution in [2.75, 3.05) is 18.6 Å². The maximum absolute atomic E-state index is 11.4. The highest BCUT2D eigenvalue weighted by molar-refractivity contribution is 7.98. The molecule has 0 fully saturated rings. The highest BCUT2D eigenvalue weighted by atomic mass is 32.2. The summed E-state index contributed by atoms with van der Waals surface area (Å²) >= 11 is 1.66. The van der Waals surface area contributed by atoms with Gasteiger partial charge in [-0.3, -0.25) is 4.79 Å². The first kappa shape index (κ1) is 13.7. The molecule has 14 heavy (non-hydrogen) atoms. The summed E-state index contributed by atoms with van der Waals surface area (Å²) in [6.45, 7) is 3.84. The summed E-state index contributed by atoms with van der Waals surface area (Å²) < 4.78 is 5.15. The van der Waals surface area contributed by atoms with E-state index in [4.69, 9.17) is 16.2 Å². The number of esters is 1. The third-order valence-corrected chi connectivity index (χ3v) is 2.45. The van der Waals surface area contributed by atoms with Crippen molar-refractivity contribution in [3.05, 3.63) is 0 Å². The van der Waals surface area contributed by atoms with Crippen molar-refractivity contribution in [3.63, 3.8) is 0 Å². The van der Waals surface area contributed by atoms with Gasteiger partial charge in [-0.15, -0.1) is 0 Å². The third-order valence-electron chi connectivity index (χ3n) is 1.80. The normalized spacial score (nSPS) is 13.8. The molecule has 4 N–H and O–H groups in total. The number of carbonyl (C=O) groups excluding carboxylic acids is 1. The van der Waals surface area contributed by atoms with E-state index in [0.717, 1.165) is 5.75 Å². The molecule has 0 radical (unpaired) electrons. The lowest BCUT2D eigenvalue weighted by molar-refractivity contribution is -0.157. The molecule has 5 heteroatoms. The molecule has 0 saturated heterocycles. The quantitative estimate of drug-likeness (QED) is 0.631. The number of carbonyl (C=O) groups is 1. The minimum absolute atomic E-state index is 0.300. The molecule has 0 saturated carbocycles. The molecular weight excluding hydrogens is 200 g/mol. The van der Waals surface area contributed by atoms with E-state index < -0.39 is 11.6 Å². The fraction of sp³-hybridized carbons (Fsp3) is 0.889. The number of nitrogens with two attached hydrogens (primary N) is 2. The molecule has 0 aromatic heterocycles. The topological polar surface area (TPSA) is 78.3 Å². The fourth-order valence-electron chi connectivity index (χ4n) is 0.752. The van der Waals surface area contributed by atoms with Crippen LogP contribution >= 0.6 is 11.8 Å². The first-order chi connectivity index (χ1) is 6.43. The molecule has 4 nitrogen and oxygen atoms in total. The van der Waals surface area contributed by atoms with Gasteiger partial charge < -0.3 is 16.2 Å². The first-order valence-corrected chi connectivity index (χ1v) is 6.00. The number of hydrogen-bond donors (Lipinski definition) is 2. The van der Waals surface area contributed by atoms with Crippen LogP contribution in [0.2, 0.25) is 0 Å². The highest BCUT2D eigenvalue weighted by Gasteiger charge is 2.24. The number of rotatable bonds is 6. The predicted octanol–water partition coefficient (Wildman–Crippen LogP) is 0.347. The van der Waals surface area contributed by atoms with Gasteiger partial charge in [0.1, 0.15) is 11.6 Å². The van der Waals surface area contributed by atoms with Crippen LogP contribution in [0.4, 0.5) is 0 Å². The predicted molar refractivity (Wildman–Crippen MR) is 60.2 cm³/mol. The Morgan fingerprint density at radius 2 is 2.14 bits per heavy atom. The van der Waals surface area contributed by atoms with Crippen molar-refractivity contribution in [2.45, 2.75) is 31.9 Å². The monoisotopic (exact) mass is 220 g/mol. The van der Waals surface area contributed by atoms with Gasteiger partial charge in [-0.05, 0) is 32.3 Å². The average Bonchev–Trinajstić information content (AvgIpc) is 2.13. The number of ether oxygens (including phenoxy) is 1. The Morgan fingerprint density at radius 3 is 2.57 bits per heavy atom. The largest absolute Gasteiger partial charge is 0.457 e. The maximum atomic E-state index is 11.4. The van der Waals surface area contributed by atoms with Crippen LogP contribution in [0.5, 0.6) is 0 Å². The number of thioether (sulfide) groups is 1. The summed E-state index contributed by atoms with van der Waals surface area (Å²) in [5, 5.41) is 0. The zero-order chi connectivity index (χ0) is 11.2. The minimum Gasteiger partial charge on any atom is -0.457 e. The van der Waals surface area contributed by atoms with Crippen LogP contribution in [-0.4, -0.2) is 36.2 Å². The van der Waals surface area contributed by atoms with Gasteiger partial charge in [-0.25, -0.2) is 0 Å². The molecule has 1 atom stereocenters. The molecule has 0 amide bonds. The van der Waals surface area contributed by atoms with Gasteiger partial charge in [-0.2, -0.15) is 11.8 Å². The molecule has 84 valence electrons. The van der Waals surface area contributed by atoms with Crippen molar-refractivity contribution in [3.8, 4) is 0 Å². The standard InChI is InChI=1S/C9H20N2O2S/c1-9(2,6-10)13-8(12)7(11)4-5-14-3/h7H,4-6,10-11H2,1-3H3/t7-/m0/s1. The van der Waals surface area contributed by atoms with Crippen molar-refractivity contribution in [1.82, 2.24) is 0 Å². The van der Waals surface area contributed by atoms with Gasteiger partial charge in [0.15, 0.2) is 0 Å². The lowest BCUT2D eigenvalue weighted by Gasteiger charge is -2.24. The zero-order valence-electron chi connectivity index (χ0n) is 9.08. The molecule has 0 rings (SSSR count). The van der Waals surface area contributed by atoms with Gasteiger partial charge in [0.25, 0.3) is 0 Å². The van der Waals surface area contributed by atoms with E-state index in [1.165, 1.54) is 0 Å². The van der Waals surface area contributed by atoms with Gasteiger partial charge >= 0.3 is 5.97 Å². The average molecular weight is 220 g/mol. The van der Waals surface area contributed by atoms with Crippen LogP contribution in [0, 0.1) is 0 Å². The Morgan fingerprint density at radius 1 is 1.57 bits per heavy atom. The highest BCUT2D eigenvalue weighted by Crippen LogP contribution is 2.09. The second-order valence-electron chi connectivity index (χ2n) is 3.77. The van der Waals surface area contributed by atoms with Gasteiger partial charge in [-0.1, -0.05) is 0 Å². The van der Waals surface area contributed by atoms with E-state index in [0.29, 0.717) is 13.0 Å². The summed E-state index contributed by atoms with van der Waals surface area (Å²) in [4.78, 5) is 11.4. The summed E-state index contributed by atoms with van der Waals surface area (Å²) in [5.74, 6) is 0.494. The molecule has 0 aliphatic carbocycles. The molecule has 0 aliphatic rings. The lowest BCUT2D eigenvalue weighted by atomic mass is 10.1. The summed E-state index contributed by atoms with van der Waals surface area (Å²) in [7, 11) is 0. The first-order valence-electron chi connectivity index (χ1n) is 4.60. The molecule has 0 unspecified atom stereocenters. The van der Waals surface area contributed by atoms with E-state index >= 15 is 0 Å². The van der Waals surface area contributed by atoms with Crippen molar-refractivity contribution in [2.24, 2.45) is 11.5 Å². The fourth-order valence-corrected chi connectivity index (χ4v) is 1.24. The molecule has 0 heterocycles. The molecule has 0 aliphatic heterocycles. The second-order valence-corrected chi connectivity index (χ2v) is 4.76. The summed E-state index contributed by atoms with van der Waals surface area (Å²) in [6, 6.07) is -0.534. The minimum atomic E-state index is -0.617. The van der Waals surface area contributed by atoms with Gasteiger partial charge in [0.2, 0.25) is 0 Å². The Hall–Kier alpha value is -0.260. The van der Waals surface area contributed by atoms with Crippen molar-refractivity contribution < 1.29 is 9.53 Å². The van der Waals surface area contributed by atoms with Crippen molar-refractivity contribution in [1.29, 1.82) is 0 Å². The van der Waals surface area contributed by atoms with Crippen molar-refractivity contribution >= 4 is 17.7 Å². The van der Waals surface area contributed by atoms with E-state index in [2.05, 4.69) is 0 Å². The Kier molecular flexibility index (Phi) is 6.15. The zero-order valence-corrected chi connectivity index (χ0v) is 9.89. The molecule has 0 bridgehead atoms. The SMILES string of the molecule is CSCC[C@H](N)C(=O)OC(C)(C)CN. The molecular formula is C9H20N2O2S. The molecule has 0 spiro atoms. The van der Waals surface area contributed by atoms with E-state index in [1.807, 2.05) is 6.26 Å². The Balaban J connectivity index is 3.95. The smallest absolute Gasteiger partial charge is 0.323 e. The molecule has 0 aromatic carbocycles. The van der Waals surface area contributed by atoms with Crippen LogP contribution in [-0.2, 0) is 9.53 Å². The van der Waals surface area contributed by atoms with E-state index in [9.17, 15) is 4.79 Å². The Labute approximate surface area is 89.7 Å². The van der Waals surface area contributed by atoms with Crippen LogP contribution in [0.1, 0.15) is 20.3 Å². The number of hydrogen-bond acceptors (Lipinski definition) is 5. The maximum Gasteiger partial charge on any atom is 0.323 e. The van der Waals surface area contributed by atoms with E-state index in [1.54, 1.807) is 25.6 Å². The molecule has 0 aromatic rings. The van der Waals surface area contributed by atoms with Crippen LogP contribution in [0.3, 0.4) is 0 Å². The van der Waals surface area contributed by atoms with E-state index in [-0.39, 0.29) is 5.97 Å². The van der Waals surface area contributed by atoms with Crippen LogP contribution in [0.15, 0.2) is 0 Å². The lowest BCUT2D eigenvalue weighted by Crippen LogP contribution is -2.42. The Bertz CT molecular complexity index is 186. The third kappa shape index (κ3) is 5.47. The van der Waals surface area contributed by atoms with Crippen LogP contribution < -0.4 is 11.5 Å². The van der Waals surface area contributed by atoms with Gasteiger partial charge in [0, 0.05) is 6.54 Å². The van der Waals surface area contributed by atoms with Crippen LogP contribution in [0.25, 0.3) is 0 Å². The second kappa shape index (κ2) is 6.27. The summed E-state index contributed by atoms with van der Waals surface area (Å²) in [5.41, 5.74) is 10.5. The summed E-state index contributed by atoms with van der Waals surface area (Å²) in [6.07, 6.45) is 2.61. The van der Waals surface area contributed by atoms with Gasteiger partial charge in [0.05, 0.1) is 0 Å².